The first-order chi connectivity index (χ1) is 13.6. The molecule has 152 valence electrons. The lowest BCUT2D eigenvalue weighted by molar-refractivity contribution is 0.0977. The molecule has 2 aromatic carbocycles. The van der Waals surface area contributed by atoms with Gasteiger partial charge in [-0.1, -0.05) is 6.07 Å². The highest BCUT2D eigenvalue weighted by Gasteiger charge is 2.26. The zero-order valence-electron chi connectivity index (χ0n) is 15.1. The van der Waals surface area contributed by atoms with Crippen molar-refractivity contribution in [1.29, 1.82) is 0 Å². The van der Waals surface area contributed by atoms with Gasteiger partial charge in [-0.25, -0.2) is 31.3 Å². The van der Waals surface area contributed by atoms with E-state index >= 15 is 0 Å². The molecule has 7 nitrogen and oxygen atoms in total. The van der Waals surface area contributed by atoms with Gasteiger partial charge in [0, 0.05) is 19.3 Å². The molecule has 1 heterocycles. The Labute approximate surface area is 163 Å². The molecule has 0 spiro atoms. The lowest BCUT2D eigenvalue weighted by atomic mass is 10.2. The molecule has 0 saturated carbocycles. The number of carbonyl (C=O) groups excluding carboxylic acids is 1. The minimum absolute atomic E-state index is 0.0642. The molecule has 0 aliphatic rings. The number of imidazole rings is 1. The molecule has 0 radical (unpaired) electrons. The lowest BCUT2D eigenvalue weighted by Crippen LogP contribution is -2.31. The van der Waals surface area contributed by atoms with E-state index in [2.05, 4.69) is 4.98 Å². The quantitative estimate of drug-likeness (QED) is 0.679. The molecule has 0 bridgehead atoms. The molecule has 0 atom stereocenters. The number of amides is 1. The van der Waals surface area contributed by atoms with Crippen molar-refractivity contribution in [3.8, 4) is 17.1 Å². The first kappa shape index (κ1) is 20.4. The number of nitrogens with one attached hydrogen (secondary N) is 1. The fourth-order valence-electron chi connectivity index (χ4n) is 2.57. The molecule has 29 heavy (non-hydrogen) atoms. The zero-order chi connectivity index (χ0) is 21.3. The van der Waals surface area contributed by atoms with E-state index in [1.165, 1.54) is 26.3 Å². The van der Waals surface area contributed by atoms with Gasteiger partial charge in [0.25, 0.3) is 15.9 Å². The summed E-state index contributed by atoms with van der Waals surface area (Å²) in [7, 11) is -1.97. The van der Waals surface area contributed by atoms with Crippen LogP contribution in [0.25, 0.3) is 11.4 Å². The number of methoxy groups -OCH3 is 1. The van der Waals surface area contributed by atoms with Gasteiger partial charge in [-0.05, 0) is 24.3 Å². The van der Waals surface area contributed by atoms with Crippen LogP contribution in [0, 0.1) is 17.5 Å². The standard InChI is InChI=1S/C18H14F3N3O4S/c1-24-9-14(22-17(24)16-12(20)4-3-5-13(16)21)18(25)23-29(26,27)15-8-10(28-2)6-7-11(15)19/h3-9H,1-2H3,(H,23,25). The van der Waals surface area contributed by atoms with Crippen molar-refractivity contribution in [1.82, 2.24) is 14.3 Å². The van der Waals surface area contributed by atoms with Crippen LogP contribution in [0.4, 0.5) is 13.2 Å². The van der Waals surface area contributed by atoms with Crippen molar-refractivity contribution in [3.05, 3.63) is 65.7 Å². The molecular weight excluding hydrogens is 411 g/mol. The maximum atomic E-state index is 14.0. The Morgan fingerprint density at radius 2 is 1.76 bits per heavy atom. The van der Waals surface area contributed by atoms with E-state index in [0.29, 0.717) is 0 Å². The van der Waals surface area contributed by atoms with Crippen LogP contribution in [-0.4, -0.2) is 31.0 Å². The molecule has 1 amide bonds. The van der Waals surface area contributed by atoms with Gasteiger partial charge in [0.2, 0.25) is 0 Å². The predicted octanol–water partition coefficient (Wildman–Crippen LogP) is 2.63. The Morgan fingerprint density at radius 3 is 2.38 bits per heavy atom. The van der Waals surface area contributed by atoms with Crippen LogP contribution in [0.3, 0.4) is 0 Å². The normalized spacial score (nSPS) is 11.3. The Kier molecular flexibility index (Phi) is 5.33. The fraction of sp³-hybridized carbons (Fsp3) is 0.111. The Morgan fingerprint density at radius 1 is 1.10 bits per heavy atom. The molecule has 1 aromatic heterocycles. The number of nitrogens with zero attached hydrogens (tertiary/aromatic N) is 2. The van der Waals surface area contributed by atoms with Crippen LogP contribution < -0.4 is 9.46 Å². The van der Waals surface area contributed by atoms with Gasteiger partial charge in [-0.15, -0.1) is 0 Å². The lowest BCUT2D eigenvalue weighted by Gasteiger charge is -2.08. The number of hydrogen-bond donors (Lipinski definition) is 1. The molecule has 3 rings (SSSR count). The molecule has 11 heteroatoms. The van der Waals surface area contributed by atoms with Gasteiger partial charge >= 0.3 is 0 Å². The summed E-state index contributed by atoms with van der Waals surface area (Å²) >= 11 is 0. The number of aryl methyl sites for hydroxylation is 1. The van der Waals surface area contributed by atoms with Crippen LogP contribution in [-0.2, 0) is 17.1 Å². The number of ether oxygens (including phenoxy) is 1. The number of carbonyl (C=O) groups is 1. The summed E-state index contributed by atoms with van der Waals surface area (Å²) < 4.78 is 74.4. The second kappa shape index (κ2) is 7.59. The van der Waals surface area contributed by atoms with E-state index in [1.807, 2.05) is 0 Å². The maximum absolute atomic E-state index is 14.0. The largest absolute Gasteiger partial charge is 0.497 e. The minimum atomic E-state index is -4.61. The number of halogens is 3. The van der Waals surface area contributed by atoms with Crippen molar-refractivity contribution in [2.24, 2.45) is 7.05 Å². The number of benzene rings is 2. The molecule has 1 N–H and O–H groups in total. The van der Waals surface area contributed by atoms with Gasteiger partial charge in [0.05, 0.1) is 12.7 Å². The SMILES string of the molecule is COc1ccc(F)c(S(=O)(=O)NC(=O)c2cn(C)c(-c3c(F)cccc3F)n2)c1. The third-order valence-electron chi connectivity index (χ3n) is 3.95. The third-order valence-corrected chi connectivity index (χ3v) is 5.30. The van der Waals surface area contributed by atoms with Crippen molar-refractivity contribution < 1.29 is 31.1 Å². The zero-order valence-corrected chi connectivity index (χ0v) is 15.9. The highest BCUT2D eigenvalue weighted by molar-refractivity contribution is 7.90. The summed E-state index contributed by atoms with van der Waals surface area (Å²) in [6.07, 6.45) is 1.09. The van der Waals surface area contributed by atoms with Gasteiger partial charge in [0.1, 0.15) is 39.6 Å². The first-order valence-electron chi connectivity index (χ1n) is 8.02. The van der Waals surface area contributed by atoms with Gasteiger partial charge in [-0.3, -0.25) is 4.79 Å². The molecule has 0 fully saturated rings. The average molecular weight is 425 g/mol. The topological polar surface area (TPSA) is 90.3 Å². The fourth-order valence-corrected chi connectivity index (χ4v) is 3.62. The Bertz CT molecular complexity index is 1190. The molecule has 3 aromatic rings. The van der Waals surface area contributed by atoms with Crippen LogP contribution >= 0.6 is 0 Å². The summed E-state index contributed by atoms with van der Waals surface area (Å²) in [5, 5.41) is 0. The molecule has 0 aliphatic heterocycles. The van der Waals surface area contributed by atoms with E-state index < -0.39 is 49.5 Å². The highest BCUT2D eigenvalue weighted by Crippen LogP contribution is 2.25. The number of rotatable bonds is 5. The number of aromatic nitrogens is 2. The molecule has 0 aliphatic carbocycles. The second-order valence-corrected chi connectivity index (χ2v) is 7.54. The Hall–Kier alpha value is -3.34. The molecule has 0 unspecified atom stereocenters. The summed E-state index contributed by atoms with van der Waals surface area (Å²) in [5.41, 5.74) is -0.909. The molecule has 0 saturated heterocycles. The van der Waals surface area contributed by atoms with E-state index in [4.69, 9.17) is 4.74 Å². The second-order valence-electron chi connectivity index (χ2n) is 5.89. The van der Waals surface area contributed by atoms with Crippen molar-refractivity contribution in [3.63, 3.8) is 0 Å². The third kappa shape index (κ3) is 3.94. The summed E-state index contributed by atoms with van der Waals surface area (Å²) in [6.45, 7) is 0. The van der Waals surface area contributed by atoms with E-state index in [-0.39, 0.29) is 11.6 Å². The van der Waals surface area contributed by atoms with Crippen LogP contribution in [0.1, 0.15) is 10.5 Å². The highest BCUT2D eigenvalue weighted by atomic mass is 32.2. The first-order valence-corrected chi connectivity index (χ1v) is 9.51. The number of sulfonamides is 1. The summed E-state index contributed by atoms with van der Waals surface area (Å²) in [6, 6.07) is 6.19. The molecular formula is C18H14F3N3O4S. The maximum Gasteiger partial charge on any atom is 0.285 e. The van der Waals surface area contributed by atoms with Gasteiger partial charge < -0.3 is 9.30 Å². The van der Waals surface area contributed by atoms with E-state index in [0.717, 1.165) is 35.0 Å². The van der Waals surface area contributed by atoms with Crippen molar-refractivity contribution >= 4 is 15.9 Å². The average Bonchev–Trinajstić information content (AvgIpc) is 3.03. The monoisotopic (exact) mass is 425 g/mol. The van der Waals surface area contributed by atoms with Crippen LogP contribution in [0.2, 0.25) is 0 Å². The minimum Gasteiger partial charge on any atom is -0.497 e. The number of hydrogen-bond acceptors (Lipinski definition) is 5. The van der Waals surface area contributed by atoms with Crippen LogP contribution in [0.15, 0.2) is 47.5 Å². The summed E-state index contributed by atoms with van der Waals surface area (Å²) in [5.74, 6) is -4.27. The van der Waals surface area contributed by atoms with E-state index in [9.17, 15) is 26.4 Å². The summed E-state index contributed by atoms with van der Waals surface area (Å²) in [4.78, 5) is 15.4. The van der Waals surface area contributed by atoms with Crippen molar-refractivity contribution in [2.75, 3.05) is 7.11 Å². The van der Waals surface area contributed by atoms with E-state index in [1.54, 1.807) is 4.72 Å². The van der Waals surface area contributed by atoms with Gasteiger partial charge in [-0.2, -0.15) is 0 Å². The van der Waals surface area contributed by atoms with Gasteiger partial charge in [0.15, 0.2) is 0 Å². The smallest absolute Gasteiger partial charge is 0.285 e. The van der Waals surface area contributed by atoms with Crippen LogP contribution in [0.5, 0.6) is 5.75 Å². The van der Waals surface area contributed by atoms with Crippen molar-refractivity contribution in [2.45, 2.75) is 4.90 Å². The predicted molar refractivity (Wildman–Crippen MR) is 96.2 cm³/mol. The Balaban J connectivity index is 1.95.